The third-order valence-corrected chi connectivity index (χ3v) is 5.10. The maximum Gasteiger partial charge on any atom is 0.270 e. The molecule has 2 aromatic rings. The van der Waals surface area contributed by atoms with E-state index in [9.17, 15) is 13.5 Å². The molecule has 3 rings (SSSR count). The average molecular weight is 292 g/mol. The minimum Gasteiger partial charge on any atom is -0.504 e. The summed E-state index contributed by atoms with van der Waals surface area (Å²) in [6.07, 6.45) is 1.10. The number of aliphatic hydroxyl groups excluding tert-OH is 1. The molecule has 0 unspecified atom stereocenters. The van der Waals surface area contributed by atoms with Crippen molar-refractivity contribution in [3.63, 3.8) is 0 Å². The molecule has 0 saturated heterocycles. The van der Waals surface area contributed by atoms with Gasteiger partial charge in [0.05, 0.1) is 0 Å². The van der Waals surface area contributed by atoms with Gasteiger partial charge in [0.15, 0.2) is 17.8 Å². The van der Waals surface area contributed by atoms with E-state index in [1.807, 2.05) is 0 Å². The molecule has 0 atom stereocenters. The van der Waals surface area contributed by atoms with Crippen molar-refractivity contribution in [2.75, 3.05) is 11.4 Å². The van der Waals surface area contributed by atoms with Crippen molar-refractivity contribution in [1.29, 1.82) is 0 Å². The third kappa shape index (κ3) is 1.56. The number of aryl methyl sites for hydroxylation is 1. The van der Waals surface area contributed by atoms with Crippen LogP contribution in [0.1, 0.15) is 16.8 Å². The van der Waals surface area contributed by atoms with Crippen LogP contribution in [0.5, 0.6) is 0 Å². The highest BCUT2D eigenvalue weighted by molar-refractivity contribution is 8.02. The van der Waals surface area contributed by atoms with E-state index >= 15 is 0 Å². The van der Waals surface area contributed by atoms with E-state index in [0.717, 1.165) is 16.3 Å². The van der Waals surface area contributed by atoms with E-state index in [1.54, 1.807) is 31.2 Å². The Morgan fingerprint density at radius 1 is 1.30 bits per heavy atom. The molecule has 1 aromatic carbocycles. The Bertz CT molecular complexity index is 820. The zero-order valence-electron chi connectivity index (χ0n) is 10.9. The number of oxazole rings is 1. The van der Waals surface area contributed by atoms with Gasteiger partial charge in [0.1, 0.15) is 4.91 Å². The Hall–Kier alpha value is -2.28. The predicted molar refractivity (Wildman–Crippen MR) is 74.4 cm³/mol. The van der Waals surface area contributed by atoms with Crippen molar-refractivity contribution in [3.8, 4) is 0 Å². The summed E-state index contributed by atoms with van der Waals surface area (Å²) in [4.78, 5) is 3.73. The molecule has 20 heavy (non-hydrogen) atoms. The van der Waals surface area contributed by atoms with Crippen molar-refractivity contribution in [1.82, 2.24) is 4.98 Å². The number of hydrogen-bond acceptors (Lipinski definition) is 5. The van der Waals surface area contributed by atoms with Gasteiger partial charge in [-0.25, -0.2) is 17.7 Å². The second kappa shape index (κ2) is 4.11. The third-order valence-electron chi connectivity index (χ3n) is 3.28. The van der Waals surface area contributed by atoms with Crippen LogP contribution in [-0.4, -0.2) is 25.6 Å². The first-order valence-corrected chi connectivity index (χ1v) is 7.30. The molecule has 0 amide bonds. The number of aromatic nitrogens is 1. The number of benzene rings is 1. The van der Waals surface area contributed by atoms with Gasteiger partial charge in [0, 0.05) is 12.6 Å². The number of rotatable bonds is 1. The van der Waals surface area contributed by atoms with Gasteiger partial charge in [-0.15, -0.1) is 0 Å². The highest BCUT2D eigenvalue weighted by Gasteiger charge is 2.39. The minimum atomic E-state index is -3.88. The lowest BCUT2D eigenvalue weighted by Gasteiger charge is -2.25. The predicted octanol–water partition coefficient (Wildman–Crippen LogP) is 2.15. The average Bonchev–Trinajstić information content (AvgIpc) is 2.88. The number of sulfonamides is 1. The Morgan fingerprint density at radius 3 is 2.70 bits per heavy atom. The number of anilines is 1. The van der Waals surface area contributed by atoms with Crippen LogP contribution < -0.4 is 4.31 Å². The van der Waals surface area contributed by atoms with E-state index in [1.165, 1.54) is 7.05 Å². The molecule has 1 aromatic heterocycles. The van der Waals surface area contributed by atoms with Crippen molar-refractivity contribution in [2.45, 2.75) is 6.92 Å². The molecular formula is C13H12N2O4S. The van der Waals surface area contributed by atoms with Crippen LogP contribution in [0.15, 0.2) is 35.1 Å². The minimum absolute atomic E-state index is 0.0137. The van der Waals surface area contributed by atoms with E-state index in [4.69, 9.17) is 4.42 Å². The van der Waals surface area contributed by atoms with E-state index in [0.29, 0.717) is 5.56 Å². The number of nitrogens with zero attached hydrogens (tertiary/aromatic N) is 2. The standard InChI is InChI=1S/C13H12N2O4S/c1-8-5-3-4-6-9(8)12-11(16)10-13(19-7-14-10)15(2)20(12,17)18/h3-7,16H,1-2H3. The summed E-state index contributed by atoms with van der Waals surface area (Å²) in [5.41, 5.74) is 1.32. The molecule has 1 N–H and O–H groups in total. The first-order valence-electron chi connectivity index (χ1n) is 5.86. The summed E-state index contributed by atoms with van der Waals surface area (Å²) in [5, 5.41) is 10.3. The molecular weight excluding hydrogens is 280 g/mol. The number of aliphatic hydroxyl groups is 1. The molecule has 104 valence electrons. The van der Waals surface area contributed by atoms with Gasteiger partial charge in [-0.05, 0) is 12.5 Å². The van der Waals surface area contributed by atoms with Crippen LogP contribution in [0.4, 0.5) is 5.88 Å². The molecule has 0 fully saturated rings. The van der Waals surface area contributed by atoms with Crippen LogP contribution in [-0.2, 0) is 10.0 Å². The van der Waals surface area contributed by atoms with Crippen LogP contribution in [0, 0.1) is 6.92 Å². The van der Waals surface area contributed by atoms with Gasteiger partial charge in [-0.2, -0.15) is 0 Å². The maximum absolute atomic E-state index is 12.6. The fourth-order valence-electron chi connectivity index (χ4n) is 2.20. The zero-order chi connectivity index (χ0) is 14.5. The smallest absolute Gasteiger partial charge is 0.270 e. The van der Waals surface area contributed by atoms with Crippen molar-refractivity contribution < 1.29 is 17.9 Å². The van der Waals surface area contributed by atoms with E-state index in [-0.39, 0.29) is 22.2 Å². The summed E-state index contributed by atoms with van der Waals surface area (Å²) < 4.78 is 31.1. The topological polar surface area (TPSA) is 83.6 Å². The second-order valence-corrected chi connectivity index (χ2v) is 6.38. The molecule has 0 bridgehead atoms. The van der Waals surface area contributed by atoms with Crippen LogP contribution in [0.2, 0.25) is 0 Å². The Morgan fingerprint density at radius 2 is 2.00 bits per heavy atom. The molecule has 1 aliphatic rings. The Balaban J connectivity index is 2.39. The van der Waals surface area contributed by atoms with E-state index in [2.05, 4.69) is 4.98 Å². The summed E-state index contributed by atoms with van der Waals surface area (Å²) in [6, 6.07) is 6.95. The lowest BCUT2D eigenvalue weighted by molar-refractivity contribution is 0.507. The number of hydrogen-bond donors (Lipinski definition) is 1. The van der Waals surface area contributed by atoms with Crippen LogP contribution in [0.3, 0.4) is 0 Å². The van der Waals surface area contributed by atoms with Gasteiger partial charge in [-0.1, -0.05) is 24.3 Å². The van der Waals surface area contributed by atoms with Gasteiger partial charge in [0.25, 0.3) is 10.0 Å². The largest absolute Gasteiger partial charge is 0.504 e. The fourth-order valence-corrected chi connectivity index (χ4v) is 3.67. The normalized spacial score (nSPS) is 17.2. The van der Waals surface area contributed by atoms with Gasteiger partial charge < -0.3 is 9.52 Å². The van der Waals surface area contributed by atoms with Crippen molar-refractivity contribution in [2.24, 2.45) is 0 Å². The quantitative estimate of drug-likeness (QED) is 0.870. The van der Waals surface area contributed by atoms with Crippen LogP contribution in [0.25, 0.3) is 10.7 Å². The highest BCUT2D eigenvalue weighted by atomic mass is 32.2. The summed E-state index contributed by atoms with van der Waals surface area (Å²) >= 11 is 0. The molecule has 2 heterocycles. The lowest BCUT2D eigenvalue weighted by atomic mass is 10.1. The molecule has 0 aliphatic carbocycles. The summed E-state index contributed by atoms with van der Waals surface area (Å²) in [7, 11) is -2.52. The maximum atomic E-state index is 12.6. The molecule has 6 nitrogen and oxygen atoms in total. The van der Waals surface area contributed by atoms with Crippen molar-refractivity contribution >= 4 is 26.6 Å². The fraction of sp³-hybridized carbons (Fsp3) is 0.154. The highest BCUT2D eigenvalue weighted by Crippen LogP contribution is 2.41. The Labute approximate surface area is 116 Å². The second-order valence-electron chi connectivity index (χ2n) is 4.47. The lowest BCUT2D eigenvalue weighted by Crippen LogP contribution is -2.31. The van der Waals surface area contributed by atoms with Gasteiger partial charge in [0.2, 0.25) is 5.88 Å². The Kier molecular flexibility index (Phi) is 2.62. The molecule has 0 radical (unpaired) electrons. The first kappa shape index (κ1) is 12.7. The number of fused-ring (bicyclic) bond motifs is 1. The molecule has 0 saturated carbocycles. The molecule has 1 aliphatic heterocycles. The summed E-state index contributed by atoms with van der Waals surface area (Å²) in [5.74, 6) is -0.374. The van der Waals surface area contributed by atoms with Gasteiger partial charge in [-0.3, -0.25) is 0 Å². The van der Waals surface area contributed by atoms with Crippen LogP contribution >= 0.6 is 0 Å². The van der Waals surface area contributed by atoms with Crippen molar-refractivity contribution in [3.05, 3.63) is 47.5 Å². The SMILES string of the molecule is Cc1ccccc1C1=C(O)c2ncoc2N(C)S1(=O)=O. The van der Waals surface area contributed by atoms with Gasteiger partial charge >= 0.3 is 0 Å². The molecule has 7 heteroatoms. The zero-order valence-corrected chi connectivity index (χ0v) is 11.7. The monoisotopic (exact) mass is 292 g/mol. The molecule has 0 spiro atoms. The summed E-state index contributed by atoms with van der Waals surface area (Å²) in [6.45, 7) is 1.78. The van der Waals surface area contributed by atoms with E-state index < -0.39 is 10.0 Å². The first-order chi connectivity index (χ1) is 9.44.